The first kappa shape index (κ1) is 13.6. The standard InChI is InChI=1S/C17H27N/c1-14(2)17(15-9-5-3-6-10-15)13-18-16-11-7-4-8-12-16/h3,5-6,9-10,14,16-18H,4,7-8,11-13H2,1-2H3. The molecule has 1 aliphatic carbocycles. The Kier molecular flexibility index (Phi) is 5.25. The number of rotatable bonds is 5. The zero-order chi connectivity index (χ0) is 12.8. The van der Waals surface area contributed by atoms with Crippen molar-refractivity contribution in [2.75, 3.05) is 6.54 Å². The highest BCUT2D eigenvalue weighted by molar-refractivity contribution is 5.20. The molecule has 0 spiro atoms. The average Bonchev–Trinajstić information content (AvgIpc) is 2.41. The zero-order valence-corrected chi connectivity index (χ0v) is 11.9. The van der Waals surface area contributed by atoms with Crippen molar-refractivity contribution in [2.24, 2.45) is 5.92 Å². The summed E-state index contributed by atoms with van der Waals surface area (Å²) in [6.45, 7) is 5.80. The van der Waals surface area contributed by atoms with Crippen molar-refractivity contribution in [2.45, 2.75) is 57.9 Å². The lowest BCUT2D eigenvalue weighted by Crippen LogP contribution is -2.35. The summed E-state index contributed by atoms with van der Waals surface area (Å²) in [6.07, 6.45) is 7.01. The fraction of sp³-hybridized carbons (Fsp3) is 0.647. The molecule has 1 heteroatoms. The smallest absolute Gasteiger partial charge is 0.00673 e. The summed E-state index contributed by atoms with van der Waals surface area (Å²) in [5.74, 6) is 1.34. The summed E-state index contributed by atoms with van der Waals surface area (Å²) < 4.78 is 0. The van der Waals surface area contributed by atoms with Crippen LogP contribution < -0.4 is 5.32 Å². The molecule has 0 saturated heterocycles. The van der Waals surface area contributed by atoms with Crippen molar-refractivity contribution in [3.05, 3.63) is 35.9 Å². The molecule has 2 rings (SSSR count). The maximum Gasteiger partial charge on any atom is 0.00673 e. The third-order valence-electron chi connectivity index (χ3n) is 4.26. The first-order valence-corrected chi connectivity index (χ1v) is 7.55. The van der Waals surface area contributed by atoms with E-state index in [0.29, 0.717) is 11.8 Å². The van der Waals surface area contributed by atoms with Crippen LogP contribution in [0.1, 0.15) is 57.4 Å². The normalized spacial score (nSPS) is 19.1. The number of benzene rings is 1. The summed E-state index contributed by atoms with van der Waals surface area (Å²) in [7, 11) is 0. The molecule has 1 atom stereocenters. The van der Waals surface area contributed by atoms with Gasteiger partial charge < -0.3 is 5.32 Å². The van der Waals surface area contributed by atoms with Gasteiger partial charge in [0.15, 0.2) is 0 Å². The summed E-state index contributed by atoms with van der Waals surface area (Å²) in [5.41, 5.74) is 1.48. The minimum absolute atomic E-state index is 0.646. The molecule has 1 fully saturated rings. The maximum atomic E-state index is 3.80. The Morgan fingerprint density at radius 3 is 2.33 bits per heavy atom. The average molecular weight is 245 g/mol. The van der Waals surface area contributed by atoms with Crippen LogP contribution >= 0.6 is 0 Å². The van der Waals surface area contributed by atoms with Crippen molar-refractivity contribution in [3.63, 3.8) is 0 Å². The van der Waals surface area contributed by atoms with E-state index in [2.05, 4.69) is 49.5 Å². The van der Waals surface area contributed by atoms with E-state index in [1.165, 1.54) is 37.7 Å². The van der Waals surface area contributed by atoms with E-state index in [4.69, 9.17) is 0 Å². The lowest BCUT2D eigenvalue weighted by molar-refractivity contribution is 0.347. The van der Waals surface area contributed by atoms with Crippen molar-refractivity contribution < 1.29 is 0 Å². The predicted octanol–water partition coefficient (Wildman–Crippen LogP) is 4.35. The van der Waals surface area contributed by atoms with Gasteiger partial charge in [0.05, 0.1) is 0 Å². The predicted molar refractivity (Wildman–Crippen MR) is 78.9 cm³/mol. The van der Waals surface area contributed by atoms with Crippen molar-refractivity contribution in [1.82, 2.24) is 5.32 Å². The van der Waals surface area contributed by atoms with Crippen LogP contribution in [0.15, 0.2) is 30.3 Å². The van der Waals surface area contributed by atoms with E-state index in [1.807, 2.05) is 0 Å². The van der Waals surface area contributed by atoms with Crippen molar-refractivity contribution in [3.8, 4) is 0 Å². The third kappa shape index (κ3) is 3.84. The molecule has 1 aromatic rings. The second-order valence-corrected chi connectivity index (χ2v) is 6.00. The van der Waals surface area contributed by atoms with E-state index in [1.54, 1.807) is 0 Å². The van der Waals surface area contributed by atoms with Gasteiger partial charge in [-0.2, -0.15) is 0 Å². The molecular formula is C17H27N. The molecule has 1 aliphatic rings. The third-order valence-corrected chi connectivity index (χ3v) is 4.26. The molecule has 1 aromatic carbocycles. The van der Waals surface area contributed by atoms with Gasteiger partial charge in [-0.1, -0.05) is 63.4 Å². The maximum absolute atomic E-state index is 3.80. The van der Waals surface area contributed by atoms with Crippen LogP contribution in [-0.2, 0) is 0 Å². The topological polar surface area (TPSA) is 12.0 Å². The molecule has 1 nitrogen and oxygen atoms in total. The molecule has 0 aromatic heterocycles. The largest absolute Gasteiger partial charge is 0.313 e. The zero-order valence-electron chi connectivity index (χ0n) is 11.9. The Balaban J connectivity index is 1.90. The SMILES string of the molecule is CC(C)C(CNC1CCCCC1)c1ccccc1. The van der Waals surface area contributed by atoms with Crippen LogP contribution in [-0.4, -0.2) is 12.6 Å². The quantitative estimate of drug-likeness (QED) is 0.813. The van der Waals surface area contributed by atoms with Crippen LogP contribution in [0.5, 0.6) is 0 Å². The minimum atomic E-state index is 0.646. The number of hydrogen-bond donors (Lipinski definition) is 1. The Bertz CT molecular complexity index is 325. The molecular weight excluding hydrogens is 218 g/mol. The van der Waals surface area contributed by atoms with E-state index < -0.39 is 0 Å². The second-order valence-electron chi connectivity index (χ2n) is 6.00. The van der Waals surface area contributed by atoms with Gasteiger partial charge in [-0.15, -0.1) is 0 Å². The van der Waals surface area contributed by atoms with Crippen LogP contribution in [0.2, 0.25) is 0 Å². The van der Waals surface area contributed by atoms with Gasteiger partial charge in [0.2, 0.25) is 0 Å². The van der Waals surface area contributed by atoms with Gasteiger partial charge in [-0.25, -0.2) is 0 Å². The molecule has 1 N–H and O–H groups in total. The molecule has 1 saturated carbocycles. The van der Waals surface area contributed by atoms with Gasteiger partial charge in [-0.3, -0.25) is 0 Å². The molecule has 0 aliphatic heterocycles. The first-order chi connectivity index (χ1) is 8.77. The highest BCUT2D eigenvalue weighted by atomic mass is 14.9. The molecule has 0 radical (unpaired) electrons. The fourth-order valence-corrected chi connectivity index (χ4v) is 3.04. The second kappa shape index (κ2) is 6.94. The van der Waals surface area contributed by atoms with Gasteiger partial charge in [0.25, 0.3) is 0 Å². The summed E-state index contributed by atoms with van der Waals surface area (Å²) in [4.78, 5) is 0. The van der Waals surface area contributed by atoms with Crippen LogP contribution in [0.3, 0.4) is 0 Å². The summed E-state index contributed by atoms with van der Waals surface area (Å²) in [5, 5.41) is 3.80. The molecule has 1 unspecified atom stereocenters. The Hall–Kier alpha value is -0.820. The van der Waals surface area contributed by atoms with Crippen LogP contribution in [0.25, 0.3) is 0 Å². The van der Waals surface area contributed by atoms with Gasteiger partial charge in [0, 0.05) is 12.6 Å². The highest BCUT2D eigenvalue weighted by Gasteiger charge is 2.18. The molecule has 0 bridgehead atoms. The highest BCUT2D eigenvalue weighted by Crippen LogP contribution is 2.25. The van der Waals surface area contributed by atoms with Crippen LogP contribution in [0.4, 0.5) is 0 Å². The summed E-state index contributed by atoms with van der Waals surface area (Å²) in [6, 6.07) is 11.7. The van der Waals surface area contributed by atoms with Gasteiger partial charge in [-0.05, 0) is 30.2 Å². The van der Waals surface area contributed by atoms with E-state index in [9.17, 15) is 0 Å². The number of nitrogens with one attached hydrogen (secondary N) is 1. The van der Waals surface area contributed by atoms with Gasteiger partial charge in [0.1, 0.15) is 0 Å². The van der Waals surface area contributed by atoms with E-state index in [-0.39, 0.29) is 0 Å². The molecule has 0 heterocycles. The summed E-state index contributed by atoms with van der Waals surface area (Å²) >= 11 is 0. The van der Waals surface area contributed by atoms with E-state index >= 15 is 0 Å². The molecule has 0 amide bonds. The van der Waals surface area contributed by atoms with E-state index in [0.717, 1.165) is 12.6 Å². The van der Waals surface area contributed by atoms with Crippen molar-refractivity contribution >= 4 is 0 Å². The number of hydrogen-bond acceptors (Lipinski definition) is 1. The minimum Gasteiger partial charge on any atom is -0.313 e. The Labute approximate surface area is 112 Å². The van der Waals surface area contributed by atoms with Crippen LogP contribution in [0, 0.1) is 5.92 Å². The monoisotopic (exact) mass is 245 g/mol. The lowest BCUT2D eigenvalue weighted by atomic mass is 9.87. The Morgan fingerprint density at radius 2 is 1.72 bits per heavy atom. The van der Waals surface area contributed by atoms with Gasteiger partial charge >= 0.3 is 0 Å². The Morgan fingerprint density at radius 1 is 1.06 bits per heavy atom. The molecule has 18 heavy (non-hydrogen) atoms. The molecule has 100 valence electrons. The first-order valence-electron chi connectivity index (χ1n) is 7.55. The lowest BCUT2D eigenvalue weighted by Gasteiger charge is -2.28. The van der Waals surface area contributed by atoms with Crippen molar-refractivity contribution in [1.29, 1.82) is 0 Å². The fourth-order valence-electron chi connectivity index (χ4n) is 3.04.